The highest BCUT2D eigenvalue weighted by Gasteiger charge is 2.40. The van der Waals surface area contributed by atoms with E-state index in [9.17, 15) is 0 Å². The predicted octanol–water partition coefficient (Wildman–Crippen LogP) is 5.08. The molecule has 2 rings (SSSR count). The van der Waals surface area contributed by atoms with E-state index in [1.54, 1.807) is 10.6 Å². The highest BCUT2D eigenvalue weighted by Crippen LogP contribution is 2.57. The van der Waals surface area contributed by atoms with Gasteiger partial charge in [-0.2, -0.15) is 0 Å². The Morgan fingerprint density at radius 3 is 1.32 bits per heavy atom. The van der Waals surface area contributed by atoms with Gasteiger partial charge in [0.05, 0.1) is 30.2 Å². The van der Waals surface area contributed by atoms with E-state index in [1.165, 1.54) is 38.0 Å². The van der Waals surface area contributed by atoms with Gasteiger partial charge in [-0.3, -0.25) is 0 Å². The highest BCUT2D eigenvalue weighted by atomic mass is 31.2. The summed E-state index contributed by atoms with van der Waals surface area (Å²) in [6.45, 7) is 4.62. The van der Waals surface area contributed by atoms with Crippen molar-refractivity contribution >= 4 is 17.9 Å². The summed E-state index contributed by atoms with van der Waals surface area (Å²) in [6.07, 6.45) is 7.96. The van der Waals surface area contributed by atoms with Crippen LogP contribution in [-0.2, 0) is 0 Å². The van der Waals surface area contributed by atoms with Crippen LogP contribution in [0.2, 0.25) is 0 Å². The molecule has 0 atom stereocenters. The Morgan fingerprint density at radius 2 is 1.00 bits per heavy atom. The second kappa shape index (κ2) is 9.77. The topological polar surface area (TPSA) is 30.0 Å². The lowest BCUT2D eigenvalue weighted by molar-refractivity contribution is 0.824. The van der Waals surface area contributed by atoms with Gasteiger partial charge in [-0.05, 0) is 37.1 Å². The molecule has 0 saturated heterocycles. The van der Waals surface area contributed by atoms with Crippen molar-refractivity contribution in [2.45, 2.75) is 39.5 Å². The molecule has 0 aliphatic rings. The van der Waals surface area contributed by atoms with Crippen LogP contribution >= 0.6 is 7.26 Å². The van der Waals surface area contributed by atoms with E-state index in [0.717, 1.165) is 0 Å². The third-order valence-corrected chi connectivity index (χ3v) is 9.02. The van der Waals surface area contributed by atoms with E-state index in [4.69, 9.17) is 0 Å². The molecule has 0 aromatic heterocycles. The molecule has 22 heavy (non-hydrogen) atoms. The van der Waals surface area contributed by atoms with Gasteiger partial charge in [0.25, 0.3) is 0 Å². The average Bonchev–Trinajstić information content (AvgIpc) is 2.57. The van der Waals surface area contributed by atoms with Crippen molar-refractivity contribution in [2.24, 2.45) is 0 Å². The first kappa shape index (κ1) is 18.9. The maximum Gasteiger partial charge on any atom is 0.0991 e. The lowest BCUT2D eigenvalue weighted by atomic mass is 10.4. The van der Waals surface area contributed by atoms with Crippen molar-refractivity contribution in [1.82, 2.24) is 0 Å². The van der Waals surface area contributed by atoms with Crippen molar-refractivity contribution in [3.05, 3.63) is 60.7 Å². The first-order valence-electron chi connectivity index (χ1n) is 8.32. The van der Waals surface area contributed by atoms with Crippen LogP contribution in [0.3, 0.4) is 0 Å². The van der Waals surface area contributed by atoms with Gasteiger partial charge in [0.15, 0.2) is 0 Å². The minimum absolute atomic E-state index is 0. The van der Waals surface area contributed by atoms with Gasteiger partial charge in [0.1, 0.15) is 0 Å². The van der Waals surface area contributed by atoms with Gasteiger partial charge in [0, 0.05) is 0 Å². The molecule has 0 radical (unpaired) electrons. The first-order valence-corrected chi connectivity index (χ1v) is 10.5. The van der Waals surface area contributed by atoms with Gasteiger partial charge in [0.2, 0.25) is 0 Å². The fraction of sp³-hybridized carbons (Fsp3) is 0.400. The molecular formula is C20H29OP. The Balaban J connectivity index is 0.00000242. The molecule has 0 aliphatic carbocycles. The Bertz CT molecular complexity index is 460. The summed E-state index contributed by atoms with van der Waals surface area (Å²) < 4.78 is 0. The number of hydrogen-bond acceptors (Lipinski definition) is 1. The molecule has 120 valence electrons. The molecule has 0 fully saturated rings. The van der Waals surface area contributed by atoms with Crippen LogP contribution in [0.4, 0.5) is 0 Å². The Labute approximate surface area is 136 Å². The number of hydrogen-bond donors (Lipinski definition) is 0. The molecule has 0 amide bonds. The Kier molecular flexibility index (Phi) is 8.38. The largest absolute Gasteiger partial charge is 0.870 e. The van der Waals surface area contributed by atoms with E-state index < -0.39 is 7.26 Å². The lowest BCUT2D eigenvalue weighted by Gasteiger charge is -2.27. The summed E-state index contributed by atoms with van der Waals surface area (Å²) in [7, 11) is -1.23. The summed E-state index contributed by atoms with van der Waals surface area (Å²) in [5.74, 6) is 0. The second-order valence-corrected chi connectivity index (χ2v) is 9.66. The van der Waals surface area contributed by atoms with Gasteiger partial charge < -0.3 is 5.48 Å². The van der Waals surface area contributed by atoms with Crippen LogP contribution in [0, 0.1) is 0 Å². The molecule has 0 bridgehead atoms. The van der Waals surface area contributed by atoms with E-state index in [-0.39, 0.29) is 5.48 Å². The lowest BCUT2D eigenvalue weighted by Crippen LogP contribution is -2.27. The summed E-state index contributed by atoms with van der Waals surface area (Å²) >= 11 is 0. The van der Waals surface area contributed by atoms with Gasteiger partial charge >= 0.3 is 0 Å². The van der Waals surface area contributed by atoms with Crippen molar-refractivity contribution in [3.8, 4) is 0 Å². The zero-order valence-electron chi connectivity index (χ0n) is 13.9. The average molecular weight is 316 g/mol. The molecule has 2 aromatic carbocycles. The second-order valence-electron chi connectivity index (χ2n) is 5.79. The molecule has 0 heterocycles. The highest BCUT2D eigenvalue weighted by molar-refractivity contribution is 7.89. The molecule has 0 spiro atoms. The van der Waals surface area contributed by atoms with Crippen molar-refractivity contribution in [2.75, 3.05) is 12.3 Å². The number of unbranched alkanes of at least 4 members (excludes halogenated alkanes) is 2. The van der Waals surface area contributed by atoms with Crippen molar-refractivity contribution in [3.63, 3.8) is 0 Å². The SMILES string of the molecule is CCCC[P+](CCCC)(c1ccccc1)c1ccccc1.[OH-]. The summed E-state index contributed by atoms with van der Waals surface area (Å²) in [5, 5.41) is 3.19. The van der Waals surface area contributed by atoms with Crippen LogP contribution in [0.15, 0.2) is 60.7 Å². The quantitative estimate of drug-likeness (QED) is 0.625. The molecule has 0 unspecified atom stereocenters. The maximum atomic E-state index is 2.37. The normalized spacial score (nSPS) is 11.0. The van der Waals surface area contributed by atoms with Crippen molar-refractivity contribution in [1.29, 1.82) is 0 Å². The summed E-state index contributed by atoms with van der Waals surface area (Å²) in [4.78, 5) is 0. The van der Waals surface area contributed by atoms with Crippen LogP contribution in [0.5, 0.6) is 0 Å². The summed E-state index contributed by atoms with van der Waals surface area (Å²) in [5.41, 5.74) is 0. The van der Waals surface area contributed by atoms with Crippen LogP contribution in [0.25, 0.3) is 0 Å². The molecule has 1 nitrogen and oxygen atoms in total. The van der Waals surface area contributed by atoms with Crippen LogP contribution in [0.1, 0.15) is 39.5 Å². The fourth-order valence-corrected chi connectivity index (χ4v) is 7.81. The Morgan fingerprint density at radius 1 is 0.636 bits per heavy atom. The summed E-state index contributed by atoms with van der Waals surface area (Å²) in [6, 6.07) is 22.6. The minimum atomic E-state index is -1.23. The molecule has 1 N–H and O–H groups in total. The third-order valence-electron chi connectivity index (χ3n) is 4.29. The third kappa shape index (κ3) is 4.41. The van der Waals surface area contributed by atoms with E-state index >= 15 is 0 Å². The standard InChI is InChI=1S/C20H28P.H2O/c1-3-5-17-21(18-6-4-2,19-13-9-7-10-14-19)20-15-11-8-12-16-20;/h7-16H,3-6,17-18H2,1-2H3;1H2/q+1;/p-1. The number of rotatable bonds is 8. The predicted molar refractivity (Wildman–Crippen MR) is 101 cm³/mol. The van der Waals surface area contributed by atoms with E-state index in [0.29, 0.717) is 0 Å². The zero-order chi connectivity index (χ0) is 15.0. The molecule has 0 saturated carbocycles. The van der Waals surface area contributed by atoms with Crippen LogP contribution < -0.4 is 10.6 Å². The molecule has 0 aliphatic heterocycles. The Hall–Kier alpha value is -1.17. The number of benzene rings is 2. The minimum Gasteiger partial charge on any atom is -0.870 e. The smallest absolute Gasteiger partial charge is 0.0991 e. The van der Waals surface area contributed by atoms with E-state index in [1.807, 2.05) is 0 Å². The maximum absolute atomic E-state index is 2.37. The fourth-order valence-electron chi connectivity index (χ4n) is 3.06. The molecule has 2 aromatic rings. The monoisotopic (exact) mass is 316 g/mol. The van der Waals surface area contributed by atoms with Crippen LogP contribution in [-0.4, -0.2) is 17.8 Å². The van der Waals surface area contributed by atoms with Gasteiger partial charge in [-0.25, -0.2) is 0 Å². The molecular weight excluding hydrogens is 287 g/mol. The first-order chi connectivity index (χ1) is 10.3. The van der Waals surface area contributed by atoms with E-state index in [2.05, 4.69) is 74.5 Å². The van der Waals surface area contributed by atoms with Crippen molar-refractivity contribution < 1.29 is 5.48 Å². The molecule has 2 heteroatoms. The van der Waals surface area contributed by atoms with Gasteiger partial charge in [-0.1, -0.05) is 63.1 Å². The van der Waals surface area contributed by atoms with Gasteiger partial charge in [-0.15, -0.1) is 0 Å². The zero-order valence-corrected chi connectivity index (χ0v) is 14.8.